The normalized spacial score (nSPS) is 11.4. The Labute approximate surface area is 194 Å². The van der Waals surface area contributed by atoms with Crippen LogP contribution in [-0.4, -0.2) is 35.4 Å². The molecule has 10 nitrogen and oxygen atoms in total. The highest BCUT2D eigenvalue weighted by Crippen LogP contribution is 2.25. The van der Waals surface area contributed by atoms with E-state index in [-0.39, 0.29) is 17.2 Å². The number of ether oxygens (including phenoxy) is 1. The summed E-state index contributed by atoms with van der Waals surface area (Å²) >= 11 is 0. The molecule has 0 bridgehead atoms. The van der Waals surface area contributed by atoms with E-state index in [0.717, 1.165) is 6.07 Å². The molecule has 182 valence electrons. The smallest absolute Gasteiger partial charge is 0.375 e. The maximum Gasteiger partial charge on any atom is 0.375 e. The van der Waals surface area contributed by atoms with Gasteiger partial charge in [-0.3, -0.25) is 19.7 Å². The van der Waals surface area contributed by atoms with Crippen LogP contribution in [-0.2, 0) is 14.3 Å². The van der Waals surface area contributed by atoms with Crippen molar-refractivity contribution >= 4 is 29.2 Å². The molecule has 1 aromatic heterocycles. The summed E-state index contributed by atoms with van der Waals surface area (Å²) in [7, 11) is 0. The number of nitro benzene ring substituents is 1. The van der Waals surface area contributed by atoms with Crippen molar-refractivity contribution in [1.29, 1.82) is 0 Å². The molecule has 35 heavy (non-hydrogen) atoms. The molecule has 1 atom stereocenters. The van der Waals surface area contributed by atoms with Gasteiger partial charge < -0.3 is 19.8 Å². The summed E-state index contributed by atoms with van der Waals surface area (Å²) in [6.45, 7) is 0.546. The Bertz CT molecular complexity index is 1290. The number of hydrogen-bond acceptors (Lipinski definition) is 7. The number of esters is 1. The quantitative estimate of drug-likeness (QED) is 0.212. The van der Waals surface area contributed by atoms with Gasteiger partial charge in [0.05, 0.1) is 17.2 Å². The first-order valence-corrected chi connectivity index (χ1v) is 9.83. The Kier molecular flexibility index (Phi) is 7.49. The standard InChI is InChI=1S/C22H16F3N3O7/c1-11(21(30)26-10-18(29)27-15-7-6-14(23)19(24)20(15)25)34-22(31)17-9-8-16(35-17)12-2-4-13(5-3-12)28(32)33/h2-9,11H,10H2,1H3,(H,26,30)(H,27,29)/t11-/m1/s1. The van der Waals surface area contributed by atoms with E-state index >= 15 is 0 Å². The second-order valence-corrected chi connectivity index (χ2v) is 7.00. The number of carbonyl (C=O) groups excluding carboxylic acids is 3. The van der Waals surface area contributed by atoms with Gasteiger partial charge in [-0.15, -0.1) is 0 Å². The zero-order chi connectivity index (χ0) is 25.7. The van der Waals surface area contributed by atoms with Gasteiger partial charge in [0.1, 0.15) is 5.76 Å². The van der Waals surface area contributed by atoms with Gasteiger partial charge in [0.25, 0.3) is 11.6 Å². The molecule has 2 aromatic carbocycles. The average molecular weight is 491 g/mol. The van der Waals surface area contributed by atoms with Gasteiger partial charge >= 0.3 is 5.97 Å². The fourth-order valence-corrected chi connectivity index (χ4v) is 2.75. The maximum atomic E-state index is 13.6. The van der Waals surface area contributed by atoms with Gasteiger partial charge in [-0.25, -0.2) is 18.0 Å². The molecule has 0 saturated heterocycles. The number of nitrogens with one attached hydrogen (secondary N) is 2. The highest BCUT2D eigenvalue weighted by molar-refractivity contribution is 5.96. The lowest BCUT2D eigenvalue weighted by Crippen LogP contribution is -2.40. The summed E-state index contributed by atoms with van der Waals surface area (Å²) in [5.74, 6) is -7.62. The zero-order valence-electron chi connectivity index (χ0n) is 17.8. The second kappa shape index (κ2) is 10.5. The Morgan fingerprint density at radius 1 is 1.03 bits per heavy atom. The first kappa shape index (κ1) is 25.0. The van der Waals surface area contributed by atoms with Gasteiger partial charge in [0.15, 0.2) is 23.6 Å². The van der Waals surface area contributed by atoms with Crippen molar-refractivity contribution in [3.8, 4) is 11.3 Å². The fourth-order valence-electron chi connectivity index (χ4n) is 2.75. The molecule has 3 rings (SSSR count). The second-order valence-electron chi connectivity index (χ2n) is 7.00. The van der Waals surface area contributed by atoms with E-state index < -0.39 is 58.5 Å². The van der Waals surface area contributed by atoms with Crippen LogP contribution in [0.4, 0.5) is 24.5 Å². The summed E-state index contributed by atoms with van der Waals surface area (Å²) in [6, 6.07) is 9.54. The number of anilines is 1. The maximum absolute atomic E-state index is 13.6. The summed E-state index contributed by atoms with van der Waals surface area (Å²) in [4.78, 5) is 46.4. The molecular weight excluding hydrogens is 475 g/mol. The number of benzene rings is 2. The number of hydrogen-bond donors (Lipinski definition) is 2. The molecule has 0 spiro atoms. The minimum absolute atomic E-state index is 0.122. The number of carbonyl (C=O) groups is 3. The molecule has 13 heteroatoms. The molecule has 0 saturated carbocycles. The SMILES string of the molecule is C[C@@H](OC(=O)c1ccc(-c2ccc([N+](=O)[O-])cc2)o1)C(=O)NCC(=O)Nc1ccc(F)c(F)c1F. The summed E-state index contributed by atoms with van der Waals surface area (Å²) in [5, 5.41) is 14.8. The summed E-state index contributed by atoms with van der Waals surface area (Å²) in [5.41, 5.74) is -0.281. The topological polar surface area (TPSA) is 141 Å². The van der Waals surface area contributed by atoms with Crippen molar-refractivity contribution < 1.29 is 41.6 Å². The largest absolute Gasteiger partial charge is 0.449 e. The van der Waals surface area contributed by atoms with Crippen LogP contribution in [0.2, 0.25) is 0 Å². The van der Waals surface area contributed by atoms with Crippen LogP contribution in [0.25, 0.3) is 11.3 Å². The van der Waals surface area contributed by atoms with Crippen molar-refractivity contribution in [3.05, 3.63) is 81.9 Å². The number of amides is 2. The Morgan fingerprint density at radius 3 is 2.37 bits per heavy atom. The van der Waals surface area contributed by atoms with Crippen LogP contribution in [0.3, 0.4) is 0 Å². The first-order chi connectivity index (χ1) is 16.6. The van der Waals surface area contributed by atoms with Gasteiger partial charge in [-0.1, -0.05) is 0 Å². The third-order valence-corrected chi connectivity index (χ3v) is 4.56. The number of nitro groups is 1. The minimum Gasteiger partial charge on any atom is -0.449 e. The predicted octanol–water partition coefficient (Wildman–Crippen LogP) is 3.57. The lowest BCUT2D eigenvalue weighted by Gasteiger charge is -2.13. The highest BCUT2D eigenvalue weighted by atomic mass is 19.2. The molecule has 3 aromatic rings. The van der Waals surface area contributed by atoms with Crippen LogP contribution in [0, 0.1) is 27.6 Å². The highest BCUT2D eigenvalue weighted by Gasteiger charge is 2.22. The molecule has 1 heterocycles. The van der Waals surface area contributed by atoms with Crippen molar-refractivity contribution in [1.82, 2.24) is 5.32 Å². The first-order valence-electron chi connectivity index (χ1n) is 9.83. The number of non-ortho nitro benzene ring substituents is 1. The molecule has 0 fully saturated rings. The Hall–Kier alpha value is -4.68. The summed E-state index contributed by atoms with van der Waals surface area (Å²) < 4.78 is 50.1. The van der Waals surface area contributed by atoms with Crippen molar-refractivity contribution in [2.75, 3.05) is 11.9 Å². The van der Waals surface area contributed by atoms with E-state index in [1.807, 2.05) is 5.32 Å². The number of halogens is 3. The molecule has 0 aliphatic carbocycles. The molecule has 0 radical (unpaired) electrons. The third kappa shape index (κ3) is 6.01. The number of furan rings is 1. The molecule has 0 aliphatic rings. The monoisotopic (exact) mass is 491 g/mol. The van der Waals surface area contributed by atoms with E-state index in [9.17, 15) is 37.7 Å². The molecule has 0 unspecified atom stereocenters. The predicted molar refractivity (Wildman–Crippen MR) is 114 cm³/mol. The van der Waals surface area contributed by atoms with Gasteiger partial charge in [0, 0.05) is 17.7 Å². The van der Waals surface area contributed by atoms with E-state index in [1.54, 1.807) is 0 Å². The van der Waals surface area contributed by atoms with Gasteiger partial charge in [0.2, 0.25) is 11.7 Å². The summed E-state index contributed by atoms with van der Waals surface area (Å²) in [6.07, 6.45) is -1.36. The number of nitrogens with zero attached hydrogens (tertiary/aromatic N) is 1. The van der Waals surface area contributed by atoms with Crippen molar-refractivity contribution in [3.63, 3.8) is 0 Å². The van der Waals surface area contributed by atoms with E-state index in [2.05, 4.69) is 5.32 Å². The van der Waals surface area contributed by atoms with Crippen molar-refractivity contribution in [2.24, 2.45) is 0 Å². The fraction of sp³-hybridized carbons (Fsp3) is 0.136. The van der Waals surface area contributed by atoms with Gasteiger partial charge in [-0.2, -0.15) is 0 Å². The molecule has 2 N–H and O–H groups in total. The van der Waals surface area contributed by atoms with Gasteiger partial charge in [-0.05, 0) is 43.3 Å². The minimum atomic E-state index is -1.76. The molecule has 2 amide bonds. The van der Waals surface area contributed by atoms with Crippen molar-refractivity contribution in [2.45, 2.75) is 13.0 Å². The molecular formula is C22H16F3N3O7. The van der Waals surface area contributed by atoms with Crippen LogP contribution in [0.15, 0.2) is 52.9 Å². The average Bonchev–Trinajstić information content (AvgIpc) is 3.33. The molecule has 0 aliphatic heterocycles. The van der Waals surface area contributed by atoms with Crippen LogP contribution in [0.5, 0.6) is 0 Å². The van der Waals surface area contributed by atoms with E-state index in [4.69, 9.17) is 9.15 Å². The third-order valence-electron chi connectivity index (χ3n) is 4.56. The van der Waals surface area contributed by atoms with Crippen LogP contribution in [0.1, 0.15) is 17.5 Å². The lowest BCUT2D eigenvalue weighted by atomic mass is 10.1. The van der Waals surface area contributed by atoms with Crippen LogP contribution >= 0.6 is 0 Å². The number of rotatable bonds is 8. The van der Waals surface area contributed by atoms with E-state index in [1.165, 1.54) is 43.3 Å². The zero-order valence-corrected chi connectivity index (χ0v) is 17.8. The lowest BCUT2D eigenvalue weighted by molar-refractivity contribution is -0.384. The Balaban J connectivity index is 1.52. The van der Waals surface area contributed by atoms with Crippen LogP contribution < -0.4 is 10.6 Å². The van der Waals surface area contributed by atoms with E-state index in [0.29, 0.717) is 11.6 Å². The Morgan fingerprint density at radius 2 is 1.71 bits per heavy atom.